The number of hydrogen-bond acceptors (Lipinski definition) is 7. The zero-order chi connectivity index (χ0) is 22.8. The van der Waals surface area contributed by atoms with Gasteiger partial charge in [0.05, 0.1) is 18.8 Å². The molecule has 1 atom stereocenters. The summed E-state index contributed by atoms with van der Waals surface area (Å²) in [5, 5.41) is 19.9. The van der Waals surface area contributed by atoms with E-state index in [9.17, 15) is 19.1 Å². The molecule has 2 amide bonds. The van der Waals surface area contributed by atoms with Crippen LogP contribution in [0.5, 0.6) is 5.75 Å². The number of carbonyl (C=O) groups is 2. The number of aliphatic hydroxyl groups excluding tert-OH is 1. The average Bonchev–Trinajstić information content (AvgIpc) is 3.07. The Kier molecular flexibility index (Phi) is 6.61. The van der Waals surface area contributed by atoms with E-state index < -0.39 is 35.3 Å². The molecule has 0 saturated carbocycles. The number of aliphatic hydroxyl groups is 2. The molecule has 9 nitrogen and oxygen atoms in total. The van der Waals surface area contributed by atoms with Crippen molar-refractivity contribution in [3.05, 3.63) is 24.0 Å². The summed E-state index contributed by atoms with van der Waals surface area (Å²) in [5.74, 6) is -0.745. The van der Waals surface area contributed by atoms with Gasteiger partial charge in [0.2, 0.25) is 0 Å². The first-order valence-corrected chi connectivity index (χ1v) is 10.2. The molecule has 2 fully saturated rings. The van der Waals surface area contributed by atoms with Crippen LogP contribution in [0.25, 0.3) is 0 Å². The maximum absolute atomic E-state index is 14.5. The Morgan fingerprint density at radius 2 is 2.00 bits per heavy atom. The van der Waals surface area contributed by atoms with Gasteiger partial charge in [-0.2, -0.15) is 0 Å². The van der Waals surface area contributed by atoms with Crippen LogP contribution < -0.4 is 9.64 Å². The molecular formula is C21H29FN2O7. The minimum absolute atomic E-state index is 0.0574. The molecule has 0 spiro atoms. The first-order chi connectivity index (χ1) is 14.5. The quantitative estimate of drug-likeness (QED) is 0.723. The van der Waals surface area contributed by atoms with Crippen LogP contribution in [0.1, 0.15) is 33.6 Å². The number of benzene rings is 1. The van der Waals surface area contributed by atoms with Crippen molar-refractivity contribution >= 4 is 17.9 Å². The van der Waals surface area contributed by atoms with Crippen LogP contribution in [0.3, 0.4) is 0 Å². The van der Waals surface area contributed by atoms with Gasteiger partial charge in [0.15, 0.2) is 11.6 Å². The standard InChI is InChI=1S/C21H29FN2O7/c1-20(2,3)31-18(26)23-8-6-21(28,7-9-23)13-29-17-5-4-14(10-16(17)22)24-11-15(12-25)30-19(24)27/h4-5,10,15,25,28H,6-9,11-13H2,1-3H3/t15-/m1/s1. The zero-order valence-electron chi connectivity index (χ0n) is 18.0. The molecule has 0 aliphatic carbocycles. The molecule has 2 N–H and O–H groups in total. The van der Waals surface area contributed by atoms with Crippen LogP contribution in [0.4, 0.5) is 19.7 Å². The van der Waals surface area contributed by atoms with E-state index in [-0.39, 0.29) is 44.0 Å². The van der Waals surface area contributed by atoms with Gasteiger partial charge in [-0.05, 0) is 45.7 Å². The average molecular weight is 440 g/mol. The topological polar surface area (TPSA) is 109 Å². The first kappa shape index (κ1) is 23.1. The number of ether oxygens (including phenoxy) is 3. The Bertz CT molecular complexity index is 818. The fourth-order valence-corrected chi connectivity index (χ4v) is 3.39. The van der Waals surface area contributed by atoms with Crippen LogP contribution in [-0.2, 0) is 9.47 Å². The molecule has 10 heteroatoms. The SMILES string of the molecule is CC(C)(C)OC(=O)N1CCC(O)(COc2ccc(N3C[C@H](CO)OC3=O)cc2F)CC1. The highest BCUT2D eigenvalue weighted by atomic mass is 19.1. The minimum Gasteiger partial charge on any atom is -0.488 e. The minimum atomic E-state index is -1.20. The van der Waals surface area contributed by atoms with Crippen molar-refractivity contribution in [2.75, 3.05) is 37.7 Å². The monoisotopic (exact) mass is 440 g/mol. The Morgan fingerprint density at radius 3 is 2.55 bits per heavy atom. The summed E-state index contributed by atoms with van der Waals surface area (Å²) in [6.45, 7) is 5.66. The first-order valence-electron chi connectivity index (χ1n) is 10.2. The number of anilines is 1. The second-order valence-electron chi connectivity index (χ2n) is 8.89. The van der Waals surface area contributed by atoms with Crippen molar-refractivity contribution in [1.82, 2.24) is 4.90 Å². The van der Waals surface area contributed by atoms with Crippen molar-refractivity contribution < 1.29 is 38.4 Å². The molecule has 1 aromatic carbocycles. The normalized spacial score (nSPS) is 21.1. The van der Waals surface area contributed by atoms with E-state index in [0.717, 1.165) is 6.07 Å². The molecule has 0 aromatic heterocycles. The van der Waals surface area contributed by atoms with E-state index in [0.29, 0.717) is 13.1 Å². The third-order valence-electron chi connectivity index (χ3n) is 5.15. The maximum Gasteiger partial charge on any atom is 0.414 e. The van der Waals surface area contributed by atoms with Crippen LogP contribution >= 0.6 is 0 Å². The van der Waals surface area contributed by atoms with Gasteiger partial charge in [-0.15, -0.1) is 0 Å². The van der Waals surface area contributed by atoms with Crippen molar-refractivity contribution in [2.45, 2.75) is 50.9 Å². The second-order valence-corrected chi connectivity index (χ2v) is 8.89. The molecule has 1 aromatic rings. The van der Waals surface area contributed by atoms with Gasteiger partial charge in [0.1, 0.15) is 23.9 Å². The molecule has 172 valence electrons. The Morgan fingerprint density at radius 1 is 1.32 bits per heavy atom. The largest absolute Gasteiger partial charge is 0.488 e. The lowest BCUT2D eigenvalue weighted by Gasteiger charge is -2.38. The third kappa shape index (κ3) is 5.76. The molecule has 2 heterocycles. The lowest BCUT2D eigenvalue weighted by Crippen LogP contribution is -2.50. The van der Waals surface area contributed by atoms with Gasteiger partial charge in [0, 0.05) is 19.2 Å². The molecule has 3 rings (SSSR count). The second kappa shape index (κ2) is 8.88. The van der Waals surface area contributed by atoms with Crippen molar-refractivity contribution in [1.29, 1.82) is 0 Å². The van der Waals surface area contributed by atoms with Gasteiger partial charge in [-0.25, -0.2) is 14.0 Å². The number of halogens is 1. The van der Waals surface area contributed by atoms with Crippen molar-refractivity contribution in [2.24, 2.45) is 0 Å². The summed E-state index contributed by atoms with van der Waals surface area (Å²) in [6.07, 6.45) is -1.19. The Hall–Kier alpha value is -2.59. The van der Waals surface area contributed by atoms with E-state index in [1.54, 1.807) is 20.8 Å². The van der Waals surface area contributed by atoms with E-state index in [1.807, 2.05) is 0 Å². The van der Waals surface area contributed by atoms with Gasteiger partial charge in [-0.1, -0.05) is 0 Å². The number of carbonyl (C=O) groups excluding carboxylic acids is 2. The molecule has 2 aliphatic heterocycles. The summed E-state index contributed by atoms with van der Waals surface area (Å²) in [4.78, 5) is 26.7. The van der Waals surface area contributed by atoms with Gasteiger partial charge in [0.25, 0.3) is 0 Å². The number of nitrogens with zero attached hydrogens (tertiary/aromatic N) is 2. The van der Waals surface area contributed by atoms with E-state index in [4.69, 9.17) is 19.3 Å². The predicted molar refractivity (Wildman–Crippen MR) is 109 cm³/mol. The summed E-state index contributed by atoms with van der Waals surface area (Å²) in [5.41, 5.74) is -1.51. The highest BCUT2D eigenvalue weighted by Crippen LogP contribution is 2.29. The smallest absolute Gasteiger partial charge is 0.414 e. The fraction of sp³-hybridized carbons (Fsp3) is 0.619. The van der Waals surface area contributed by atoms with Crippen molar-refractivity contribution in [3.63, 3.8) is 0 Å². The lowest BCUT2D eigenvalue weighted by molar-refractivity contribution is -0.0566. The highest BCUT2D eigenvalue weighted by molar-refractivity contribution is 5.89. The fourth-order valence-electron chi connectivity index (χ4n) is 3.39. The number of piperidine rings is 1. The highest BCUT2D eigenvalue weighted by Gasteiger charge is 2.36. The number of hydrogen-bond donors (Lipinski definition) is 2. The summed E-state index contributed by atoms with van der Waals surface area (Å²) < 4.78 is 30.3. The number of amides is 2. The maximum atomic E-state index is 14.5. The molecule has 2 aliphatic rings. The van der Waals surface area contributed by atoms with E-state index in [1.165, 1.54) is 21.9 Å². The molecule has 0 bridgehead atoms. The van der Waals surface area contributed by atoms with E-state index in [2.05, 4.69) is 0 Å². The zero-order valence-corrected chi connectivity index (χ0v) is 18.0. The summed E-state index contributed by atoms with van der Waals surface area (Å²) >= 11 is 0. The van der Waals surface area contributed by atoms with Crippen molar-refractivity contribution in [3.8, 4) is 5.75 Å². The van der Waals surface area contributed by atoms with E-state index >= 15 is 0 Å². The number of rotatable bonds is 5. The van der Waals surface area contributed by atoms with Gasteiger partial charge >= 0.3 is 12.2 Å². The Labute approximate surface area is 180 Å². The summed E-state index contributed by atoms with van der Waals surface area (Å²) in [7, 11) is 0. The van der Waals surface area contributed by atoms with Gasteiger partial charge < -0.3 is 29.3 Å². The van der Waals surface area contributed by atoms with Crippen LogP contribution in [-0.4, -0.2) is 77.5 Å². The number of cyclic esters (lactones) is 1. The Balaban J connectivity index is 1.54. The third-order valence-corrected chi connectivity index (χ3v) is 5.15. The van der Waals surface area contributed by atoms with Gasteiger partial charge in [-0.3, -0.25) is 4.90 Å². The molecular weight excluding hydrogens is 411 g/mol. The molecule has 0 unspecified atom stereocenters. The van der Waals surface area contributed by atoms with Crippen LogP contribution in [0, 0.1) is 5.82 Å². The van der Waals surface area contributed by atoms with Crippen LogP contribution in [0.2, 0.25) is 0 Å². The summed E-state index contributed by atoms with van der Waals surface area (Å²) in [6, 6.07) is 4.03. The van der Waals surface area contributed by atoms with Crippen LogP contribution in [0.15, 0.2) is 18.2 Å². The molecule has 2 saturated heterocycles. The lowest BCUT2D eigenvalue weighted by atomic mass is 9.92. The number of likely N-dealkylation sites (tertiary alicyclic amines) is 1. The predicted octanol–water partition coefficient (Wildman–Crippen LogP) is 2.28. The molecule has 31 heavy (non-hydrogen) atoms. The molecule has 0 radical (unpaired) electrons.